The van der Waals surface area contributed by atoms with Gasteiger partial charge in [0.1, 0.15) is 12.2 Å². The molecular formula is C14H10O2. The number of esters is 1. The number of hydrogen-bond donors (Lipinski definition) is 0. The lowest BCUT2D eigenvalue weighted by atomic mass is 9.92. The number of fused-ring (bicyclic) bond motifs is 2. The van der Waals surface area contributed by atoms with E-state index in [0.717, 1.165) is 16.0 Å². The van der Waals surface area contributed by atoms with Crippen molar-refractivity contribution in [2.45, 2.75) is 0 Å². The maximum absolute atomic E-state index is 11.8. The van der Waals surface area contributed by atoms with E-state index in [9.17, 15) is 4.79 Å². The van der Waals surface area contributed by atoms with Crippen LogP contribution in [-0.4, -0.2) is 5.97 Å². The van der Waals surface area contributed by atoms with Crippen molar-refractivity contribution in [3.8, 4) is 0 Å². The highest BCUT2D eigenvalue weighted by atomic mass is 16.5. The van der Waals surface area contributed by atoms with E-state index in [0.29, 0.717) is 0 Å². The maximum Gasteiger partial charge on any atom is 0.322 e. The minimum absolute atomic E-state index is 0.216. The molecule has 16 heavy (non-hydrogen) atoms. The van der Waals surface area contributed by atoms with Crippen LogP contribution in [0.25, 0.3) is 11.8 Å². The highest BCUT2D eigenvalue weighted by Gasteiger charge is 2.23. The van der Waals surface area contributed by atoms with E-state index >= 15 is 0 Å². The predicted molar refractivity (Wildman–Crippen MR) is 61.4 cm³/mol. The number of ether oxygens (including phenoxy) is 1. The number of cyclic esters (lactones) is 1. The molecule has 1 heterocycles. The molecule has 0 N–H and O–H groups in total. The molecule has 0 bridgehead atoms. The Morgan fingerprint density at radius 3 is 2.94 bits per heavy atom. The highest BCUT2D eigenvalue weighted by Crippen LogP contribution is 2.20. The van der Waals surface area contributed by atoms with Gasteiger partial charge in [-0.3, -0.25) is 4.79 Å². The number of carbonyl (C=O) groups is 1. The first-order valence-corrected chi connectivity index (χ1v) is 5.21. The zero-order chi connectivity index (χ0) is 11.0. The molecule has 0 amide bonds. The molecular weight excluding hydrogens is 200 g/mol. The highest BCUT2D eigenvalue weighted by molar-refractivity contribution is 5.91. The van der Waals surface area contributed by atoms with Crippen LogP contribution in [0.5, 0.6) is 0 Å². The molecule has 1 atom stereocenters. The second-order valence-corrected chi connectivity index (χ2v) is 3.82. The standard InChI is InChI=1S/C14H10O2/c15-14-13-8-4-3-7-12(13)11-6-2-1-5-10(11)9-16-14/h1-9,13H. The zero-order valence-corrected chi connectivity index (χ0v) is 8.59. The van der Waals surface area contributed by atoms with E-state index in [4.69, 9.17) is 4.74 Å². The fraction of sp³-hybridized carbons (Fsp3) is 0.0714. The van der Waals surface area contributed by atoms with Gasteiger partial charge in [0.15, 0.2) is 0 Å². The van der Waals surface area contributed by atoms with E-state index in [-0.39, 0.29) is 11.9 Å². The predicted octanol–water partition coefficient (Wildman–Crippen LogP) is 0.874. The summed E-state index contributed by atoms with van der Waals surface area (Å²) < 4.78 is 5.13. The molecule has 1 aliphatic carbocycles. The van der Waals surface area contributed by atoms with Crippen LogP contribution in [0, 0.1) is 5.92 Å². The number of benzene rings is 1. The monoisotopic (exact) mass is 210 g/mol. The third-order valence-electron chi connectivity index (χ3n) is 2.85. The van der Waals surface area contributed by atoms with Gasteiger partial charge in [-0.2, -0.15) is 0 Å². The van der Waals surface area contributed by atoms with Crippen LogP contribution >= 0.6 is 0 Å². The Morgan fingerprint density at radius 2 is 2.00 bits per heavy atom. The Bertz CT molecular complexity index is 620. The Balaban J connectivity index is 2.42. The molecule has 0 aromatic heterocycles. The van der Waals surface area contributed by atoms with Crippen LogP contribution in [0.4, 0.5) is 0 Å². The first kappa shape index (κ1) is 9.16. The average molecular weight is 210 g/mol. The average Bonchev–Trinajstić information content (AvgIpc) is 2.49. The third-order valence-corrected chi connectivity index (χ3v) is 2.85. The summed E-state index contributed by atoms with van der Waals surface area (Å²) in [6.45, 7) is 0. The summed E-state index contributed by atoms with van der Waals surface area (Å²) in [7, 11) is 0. The molecule has 3 rings (SSSR count). The summed E-state index contributed by atoms with van der Waals surface area (Å²) in [5, 5.41) is 2.02. The van der Waals surface area contributed by atoms with Crippen molar-refractivity contribution in [1.82, 2.24) is 0 Å². The van der Waals surface area contributed by atoms with Gasteiger partial charge in [0.25, 0.3) is 0 Å². The van der Waals surface area contributed by atoms with Gasteiger partial charge in [0.05, 0.1) is 0 Å². The van der Waals surface area contributed by atoms with Crippen molar-refractivity contribution in [3.05, 3.63) is 59.0 Å². The quantitative estimate of drug-likeness (QED) is 0.594. The van der Waals surface area contributed by atoms with E-state index in [1.54, 1.807) is 0 Å². The molecule has 1 aliphatic heterocycles. The summed E-state index contributed by atoms with van der Waals surface area (Å²) in [5.41, 5.74) is 1.01. The van der Waals surface area contributed by atoms with E-state index in [1.807, 2.05) is 48.6 Å². The lowest BCUT2D eigenvalue weighted by Crippen LogP contribution is -2.27. The minimum atomic E-state index is -0.273. The van der Waals surface area contributed by atoms with E-state index in [1.165, 1.54) is 6.26 Å². The van der Waals surface area contributed by atoms with Crippen LogP contribution in [0.1, 0.15) is 0 Å². The normalized spacial score (nSPS) is 21.6. The largest absolute Gasteiger partial charge is 0.433 e. The molecule has 0 saturated carbocycles. The summed E-state index contributed by atoms with van der Waals surface area (Å²) in [6, 6.07) is 7.87. The van der Waals surface area contributed by atoms with Gasteiger partial charge in [-0.05, 0) is 10.8 Å². The van der Waals surface area contributed by atoms with Crippen LogP contribution in [0.3, 0.4) is 0 Å². The van der Waals surface area contributed by atoms with Gasteiger partial charge in [-0.1, -0.05) is 48.6 Å². The number of rotatable bonds is 0. The molecule has 0 radical (unpaired) electrons. The Morgan fingerprint density at radius 1 is 1.12 bits per heavy atom. The summed E-state index contributed by atoms with van der Waals surface area (Å²) in [6.07, 6.45) is 9.20. The molecule has 78 valence electrons. The Hall–Kier alpha value is -2.09. The summed E-state index contributed by atoms with van der Waals surface area (Å²) in [5.74, 6) is -0.489. The van der Waals surface area contributed by atoms with Crippen molar-refractivity contribution < 1.29 is 9.53 Å². The van der Waals surface area contributed by atoms with Gasteiger partial charge in [-0.15, -0.1) is 0 Å². The van der Waals surface area contributed by atoms with Gasteiger partial charge >= 0.3 is 5.97 Å². The minimum Gasteiger partial charge on any atom is -0.433 e. The van der Waals surface area contributed by atoms with Crippen molar-refractivity contribution >= 4 is 17.8 Å². The van der Waals surface area contributed by atoms with Gasteiger partial charge < -0.3 is 4.74 Å². The Labute approximate surface area is 92.9 Å². The SMILES string of the molecule is O=C1OC=c2ccccc2=C2C=CC=CC12. The zero-order valence-electron chi connectivity index (χ0n) is 8.59. The van der Waals surface area contributed by atoms with Crippen molar-refractivity contribution in [1.29, 1.82) is 0 Å². The van der Waals surface area contributed by atoms with Crippen molar-refractivity contribution in [2.24, 2.45) is 5.92 Å². The molecule has 2 heteroatoms. The van der Waals surface area contributed by atoms with Crippen LogP contribution in [0.15, 0.2) is 48.6 Å². The van der Waals surface area contributed by atoms with Crippen molar-refractivity contribution in [3.63, 3.8) is 0 Å². The molecule has 0 fully saturated rings. The van der Waals surface area contributed by atoms with Gasteiger partial charge in [-0.25, -0.2) is 0 Å². The number of allylic oxidation sites excluding steroid dienone is 3. The molecule has 0 saturated heterocycles. The fourth-order valence-corrected chi connectivity index (χ4v) is 2.06. The van der Waals surface area contributed by atoms with Gasteiger partial charge in [0, 0.05) is 5.22 Å². The molecule has 1 aromatic carbocycles. The smallest absolute Gasteiger partial charge is 0.322 e. The fourth-order valence-electron chi connectivity index (χ4n) is 2.06. The second-order valence-electron chi connectivity index (χ2n) is 3.82. The Kier molecular flexibility index (Phi) is 2.00. The van der Waals surface area contributed by atoms with Crippen LogP contribution in [-0.2, 0) is 9.53 Å². The third kappa shape index (κ3) is 1.31. The molecule has 1 unspecified atom stereocenters. The first-order chi connectivity index (χ1) is 7.86. The molecule has 2 aliphatic rings. The van der Waals surface area contributed by atoms with Crippen LogP contribution < -0.4 is 10.4 Å². The number of hydrogen-bond acceptors (Lipinski definition) is 2. The molecule has 0 spiro atoms. The van der Waals surface area contributed by atoms with E-state index in [2.05, 4.69) is 0 Å². The number of carbonyl (C=O) groups excluding carboxylic acids is 1. The maximum atomic E-state index is 11.8. The summed E-state index contributed by atoms with van der Waals surface area (Å²) >= 11 is 0. The topological polar surface area (TPSA) is 26.3 Å². The summed E-state index contributed by atoms with van der Waals surface area (Å²) in [4.78, 5) is 11.8. The second kappa shape index (κ2) is 3.49. The van der Waals surface area contributed by atoms with Gasteiger partial charge in [0.2, 0.25) is 0 Å². The first-order valence-electron chi connectivity index (χ1n) is 5.21. The van der Waals surface area contributed by atoms with Crippen LogP contribution in [0.2, 0.25) is 0 Å². The lowest BCUT2D eigenvalue weighted by Gasteiger charge is -2.12. The molecule has 2 nitrogen and oxygen atoms in total. The van der Waals surface area contributed by atoms with E-state index < -0.39 is 0 Å². The van der Waals surface area contributed by atoms with Crippen molar-refractivity contribution in [2.75, 3.05) is 0 Å². The lowest BCUT2D eigenvalue weighted by molar-refractivity contribution is -0.137. The molecule has 1 aromatic rings.